The van der Waals surface area contributed by atoms with Crippen molar-refractivity contribution in [2.24, 2.45) is 0 Å². The lowest BCUT2D eigenvalue weighted by atomic mass is 10.0. The molecular weight excluding hydrogens is 262 g/mol. The van der Waals surface area contributed by atoms with Crippen LogP contribution < -0.4 is 5.73 Å². The zero-order valence-corrected chi connectivity index (χ0v) is 12.1. The van der Waals surface area contributed by atoms with E-state index in [2.05, 4.69) is 10.1 Å². The summed E-state index contributed by atoms with van der Waals surface area (Å²) in [5.41, 5.74) is 10.9. The van der Waals surface area contributed by atoms with Gasteiger partial charge in [0, 0.05) is 17.7 Å². The van der Waals surface area contributed by atoms with Gasteiger partial charge in [-0.2, -0.15) is 4.98 Å². The van der Waals surface area contributed by atoms with Gasteiger partial charge in [0.2, 0.25) is 0 Å². The van der Waals surface area contributed by atoms with E-state index in [0.29, 0.717) is 23.8 Å². The van der Waals surface area contributed by atoms with Gasteiger partial charge >= 0.3 is 0 Å². The molecule has 0 radical (unpaired) electrons. The summed E-state index contributed by atoms with van der Waals surface area (Å²) in [5, 5.41) is 4.06. The first-order valence-electron chi connectivity index (χ1n) is 6.87. The number of rotatable bonds is 3. The summed E-state index contributed by atoms with van der Waals surface area (Å²) in [6.45, 7) is 4.06. The van der Waals surface area contributed by atoms with Gasteiger partial charge in [-0.15, -0.1) is 0 Å². The number of aryl methyl sites for hydroxylation is 1. The van der Waals surface area contributed by atoms with Crippen LogP contribution in [0.1, 0.15) is 22.5 Å². The highest BCUT2D eigenvalue weighted by atomic mass is 16.5. The van der Waals surface area contributed by atoms with E-state index in [1.807, 2.05) is 56.3 Å². The van der Waals surface area contributed by atoms with E-state index < -0.39 is 0 Å². The maximum atomic E-state index is 5.91. The van der Waals surface area contributed by atoms with Crippen LogP contribution >= 0.6 is 0 Å². The van der Waals surface area contributed by atoms with Gasteiger partial charge in [-0.05, 0) is 42.7 Å². The van der Waals surface area contributed by atoms with E-state index in [4.69, 9.17) is 10.3 Å². The Labute approximate surface area is 123 Å². The largest absolute Gasteiger partial charge is 0.399 e. The van der Waals surface area contributed by atoms with Crippen LogP contribution in [-0.2, 0) is 6.42 Å². The molecule has 1 aromatic heterocycles. The van der Waals surface area contributed by atoms with E-state index in [9.17, 15) is 0 Å². The Morgan fingerprint density at radius 1 is 1.10 bits per heavy atom. The zero-order valence-electron chi connectivity index (χ0n) is 12.1. The lowest BCUT2D eigenvalue weighted by Crippen LogP contribution is -1.94. The number of hydrogen-bond acceptors (Lipinski definition) is 4. The molecule has 21 heavy (non-hydrogen) atoms. The van der Waals surface area contributed by atoms with Crippen LogP contribution in [0.15, 0.2) is 47.0 Å². The van der Waals surface area contributed by atoms with Crippen molar-refractivity contribution in [2.75, 3.05) is 5.73 Å². The number of nitrogen functional groups attached to an aromatic ring is 1. The fourth-order valence-electron chi connectivity index (χ4n) is 2.32. The van der Waals surface area contributed by atoms with Crippen molar-refractivity contribution in [2.45, 2.75) is 20.3 Å². The second-order valence-electron chi connectivity index (χ2n) is 5.19. The van der Waals surface area contributed by atoms with Crippen molar-refractivity contribution < 1.29 is 4.52 Å². The Hall–Kier alpha value is -2.62. The smallest absolute Gasteiger partial charge is 0.258 e. The topological polar surface area (TPSA) is 64.9 Å². The van der Waals surface area contributed by atoms with E-state index in [-0.39, 0.29) is 0 Å². The van der Waals surface area contributed by atoms with Gasteiger partial charge in [0.25, 0.3) is 5.89 Å². The van der Waals surface area contributed by atoms with Gasteiger partial charge in [-0.3, -0.25) is 0 Å². The molecule has 0 spiro atoms. The van der Waals surface area contributed by atoms with E-state index in [0.717, 1.165) is 22.3 Å². The van der Waals surface area contributed by atoms with Crippen LogP contribution in [-0.4, -0.2) is 10.1 Å². The summed E-state index contributed by atoms with van der Waals surface area (Å²) in [7, 11) is 0. The minimum absolute atomic E-state index is 0.522. The first-order valence-corrected chi connectivity index (χ1v) is 6.87. The van der Waals surface area contributed by atoms with Crippen molar-refractivity contribution in [3.05, 3.63) is 65.0 Å². The van der Waals surface area contributed by atoms with E-state index >= 15 is 0 Å². The standard InChI is InChI=1S/C17H17N3O/c1-11-8-14(18)10-15(12(11)2)17-19-16(20-21-17)9-13-6-4-3-5-7-13/h3-8,10H,9,18H2,1-2H3. The van der Waals surface area contributed by atoms with Crippen LogP contribution in [0.2, 0.25) is 0 Å². The Kier molecular flexibility index (Phi) is 3.44. The predicted molar refractivity (Wildman–Crippen MR) is 82.9 cm³/mol. The molecular formula is C17H17N3O. The minimum atomic E-state index is 0.522. The third-order valence-electron chi connectivity index (χ3n) is 3.59. The Morgan fingerprint density at radius 3 is 2.62 bits per heavy atom. The van der Waals surface area contributed by atoms with E-state index in [1.54, 1.807) is 0 Å². The number of anilines is 1. The van der Waals surface area contributed by atoms with Crippen LogP contribution in [0.3, 0.4) is 0 Å². The number of hydrogen-bond donors (Lipinski definition) is 1. The fraction of sp³-hybridized carbons (Fsp3) is 0.176. The average Bonchev–Trinajstić information content (AvgIpc) is 2.92. The molecule has 3 aromatic rings. The summed E-state index contributed by atoms with van der Waals surface area (Å²) < 4.78 is 5.40. The zero-order chi connectivity index (χ0) is 14.8. The van der Waals surface area contributed by atoms with Crippen molar-refractivity contribution >= 4 is 5.69 Å². The van der Waals surface area contributed by atoms with Crippen LogP contribution in [0, 0.1) is 13.8 Å². The highest BCUT2D eigenvalue weighted by Crippen LogP contribution is 2.27. The summed E-state index contributed by atoms with van der Waals surface area (Å²) in [4.78, 5) is 4.49. The van der Waals surface area contributed by atoms with Crippen molar-refractivity contribution in [3.8, 4) is 11.5 Å². The maximum absolute atomic E-state index is 5.91. The summed E-state index contributed by atoms with van der Waals surface area (Å²) in [5.74, 6) is 1.20. The third kappa shape index (κ3) is 2.79. The highest BCUT2D eigenvalue weighted by Gasteiger charge is 2.13. The molecule has 2 N–H and O–H groups in total. The normalized spacial score (nSPS) is 10.8. The molecule has 0 aliphatic heterocycles. The molecule has 0 aliphatic carbocycles. The molecule has 1 heterocycles. The minimum Gasteiger partial charge on any atom is -0.399 e. The molecule has 2 aromatic carbocycles. The molecule has 0 atom stereocenters. The first-order chi connectivity index (χ1) is 10.1. The van der Waals surface area contributed by atoms with Crippen LogP contribution in [0.25, 0.3) is 11.5 Å². The second-order valence-corrected chi connectivity index (χ2v) is 5.19. The molecule has 106 valence electrons. The molecule has 0 bridgehead atoms. The summed E-state index contributed by atoms with van der Waals surface area (Å²) >= 11 is 0. The molecule has 3 rings (SSSR count). The quantitative estimate of drug-likeness (QED) is 0.745. The SMILES string of the molecule is Cc1cc(N)cc(-c2nc(Cc3ccccc3)no2)c1C. The monoisotopic (exact) mass is 279 g/mol. The van der Waals surface area contributed by atoms with Gasteiger partial charge in [-0.1, -0.05) is 35.5 Å². The van der Waals surface area contributed by atoms with E-state index in [1.165, 1.54) is 0 Å². The molecule has 0 fully saturated rings. The predicted octanol–water partition coefficient (Wildman–Crippen LogP) is 3.53. The van der Waals surface area contributed by atoms with Crippen LogP contribution in [0.5, 0.6) is 0 Å². The van der Waals surface area contributed by atoms with Crippen molar-refractivity contribution in [1.29, 1.82) is 0 Å². The summed E-state index contributed by atoms with van der Waals surface area (Å²) in [6, 6.07) is 13.9. The number of aromatic nitrogens is 2. The molecule has 4 heteroatoms. The number of nitrogens with two attached hydrogens (primary N) is 1. The fourth-order valence-corrected chi connectivity index (χ4v) is 2.32. The summed E-state index contributed by atoms with van der Waals surface area (Å²) in [6.07, 6.45) is 0.657. The first kappa shape index (κ1) is 13.4. The molecule has 4 nitrogen and oxygen atoms in total. The lowest BCUT2D eigenvalue weighted by molar-refractivity contribution is 0.423. The van der Waals surface area contributed by atoms with Gasteiger partial charge < -0.3 is 10.3 Å². The van der Waals surface area contributed by atoms with Crippen LogP contribution in [0.4, 0.5) is 5.69 Å². The maximum Gasteiger partial charge on any atom is 0.258 e. The lowest BCUT2D eigenvalue weighted by Gasteiger charge is -2.06. The van der Waals surface area contributed by atoms with Gasteiger partial charge in [0.05, 0.1) is 0 Å². The number of nitrogens with zero attached hydrogens (tertiary/aromatic N) is 2. The van der Waals surface area contributed by atoms with Crippen molar-refractivity contribution in [1.82, 2.24) is 10.1 Å². The van der Waals surface area contributed by atoms with Gasteiger partial charge in [-0.25, -0.2) is 0 Å². The van der Waals surface area contributed by atoms with Gasteiger partial charge in [0.15, 0.2) is 5.82 Å². The van der Waals surface area contributed by atoms with Gasteiger partial charge in [0.1, 0.15) is 0 Å². The molecule has 0 saturated heterocycles. The Morgan fingerprint density at radius 2 is 1.86 bits per heavy atom. The number of benzene rings is 2. The molecule has 0 aliphatic rings. The van der Waals surface area contributed by atoms with Crippen molar-refractivity contribution in [3.63, 3.8) is 0 Å². The highest BCUT2D eigenvalue weighted by molar-refractivity contribution is 5.66. The third-order valence-corrected chi connectivity index (χ3v) is 3.59. The average molecular weight is 279 g/mol. The molecule has 0 unspecified atom stereocenters. The molecule has 0 amide bonds. The Balaban J connectivity index is 1.92. The Bertz CT molecular complexity index is 763. The molecule has 0 saturated carbocycles. The second kappa shape index (κ2) is 5.40.